The fourth-order valence-corrected chi connectivity index (χ4v) is 2.98. The molecular weight excluding hydrogens is 262 g/mol. The molecule has 0 fully saturated rings. The maximum absolute atomic E-state index is 5.86. The lowest BCUT2D eigenvalue weighted by molar-refractivity contribution is 0.674. The average Bonchev–Trinajstić information content (AvgIpc) is 2.75. The average molecular weight is 281 g/mol. The lowest BCUT2D eigenvalue weighted by atomic mass is 10.1. The SMILES string of the molecule is CC(C)(C)SN[C@H](CN)c1ccc2scnc2c1. The molecule has 1 heterocycles. The fourth-order valence-electron chi connectivity index (χ4n) is 1.59. The molecule has 0 unspecified atom stereocenters. The summed E-state index contributed by atoms with van der Waals surface area (Å²) < 4.78 is 4.85. The van der Waals surface area contributed by atoms with Crippen LogP contribution in [0.3, 0.4) is 0 Å². The Morgan fingerprint density at radius 2 is 2.22 bits per heavy atom. The van der Waals surface area contributed by atoms with Gasteiger partial charge in [0.05, 0.1) is 21.8 Å². The van der Waals surface area contributed by atoms with Gasteiger partial charge in [-0.15, -0.1) is 11.3 Å². The molecular formula is C13H19N3S2. The number of hydrogen-bond acceptors (Lipinski definition) is 5. The summed E-state index contributed by atoms with van der Waals surface area (Å²) in [5.74, 6) is 0. The van der Waals surface area contributed by atoms with Crippen molar-refractivity contribution in [1.82, 2.24) is 9.71 Å². The van der Waals surface area contributed by atoms with E-state index in [4.69, 9.17) is 5.73 Å². The first-order chi connectivity index (χ1) is 8.49. The second-order valence-corrected chi connectivity index (χ2v) is 7.75. The Balaban J connectivity index is 2.15. The van der Waals surface area contributed by atoms with E-state index < -0.39 is 0 Å². The minimum absolute atomic E-state index is 0.167. The van der Waals surface area contributed by atoms with Crippen LogP contribution in [0.15, 0.2) is 23.7 Å². The predicted molar refractivity (Wildman–Crippen MR) is 81.9 cm³/mol. The van der Waals surface area contributed by atoms with Crippen molar-refractivity contribution in [2.24, 2.45) is 5.73 Å². The third-order valence-corrected chi connectivity index (χ3v) is 4.32. The molecule has 1 atom stereocenters. The van der Waals surface area contributed by atoms with Gasteiger partial charge in [0.25, 0.3) is 0 Å². The molecule has 5 heteroatoms. The molecule has 0 amide bonds. The largest absolute Gasteiger partial charge is 0.329 e. The first-order valence-corrected chi connectivity index (χ1v) is 7.66. The number of benzene rings is 1. The van der Waals surface area contributed by atoms with Crippen LogP contribution in [0.4, 0.5) is 0 Å². The van der Waals surface area contributed by atoms with Gasteiger partial charge < -0.3 is 5.73 Å². The molecule has 0 aliphatic rings. The van der Waals surface area contributed by atoms with E-state index in [1.54, 1.807) is 23.3 Å². The Morgan fingerprint density at radius 1 is 1.44 bits per heavy atom. The van der Waals surface area contributed by atoms with Gasteiger partial charge in [-0.25, -0.2) is 4.98 Å². The quantitative estimate of drug-likeness (QED) is 0.844. The third-order valence-electron chi connectivity index (χ3n) is 2.50. The smallest absolute Gasteiger partial charge is 0.0815 e. The van der Waals surface area contributed by atoms with Crippen LogP contribution in [0.5, 0.6) is 0 Å². The summed E-state index contributed by atoms with van der Waals surface area (Å²) in [6.07, 6.45) is 0. The highest BCUT2D eigenvalue weighted by molar-refractivity contribution is 7.98. The number of hydrogen-bond donors (Lipinski definition) is 2. The number of thiazole rings is 1. The van der Waals surface area contributed by atoms with Gasteiger partial charge in [0.1, 0.15) is 0 Å². The van der Waals surface area contributed by atoms with E-state index in [1.165, 1.54) is 10.3 Å². The van der Waals surface area contributed by atoms with E-state index in [0.717, 1.165) is 5.52 Å². The van der Waals surface area contributed by atoms with Crippen molar-refractivity contribution in [3.63, 3.8) is 0 Å². The Morgan fingerprint density at radius 3 is 2.89 bits per heavy atom. The van der Waals surface area contributed by atoms with Crippen molar-refractivity contribution in [2.75, 3.05) is 6.54 Å². The van der Waals surface area contributed by atoms with Crippen molar-refractivity contribution < 1.29 is 0 Å². The molecule has 0 aliphatic carbocycles. The molecule has 18 heavy (non-hydrogen) atoms. The Kier molecular flexibility index (Phi) is 4.27. The molecule has 2 rings (SSSR count). The summed E-state index contributed by atoms with van der Waals surface area (Å²) in [7, 11) is 0. The maximum Gasteiger partial charge on any atom is 0.0815 e. The van der Waals surface area contributed by atoms with Crippen LogP contribution in [-0.2, 0) is 0 Å². The van der Waals surface area contributed by atoms with Gasteiger partial charge in [-0.1, -0.05) is 18.0 Å². The van der Waals surface area contributed by atoms with Gasteiger partial charge in [-0.2, -0.15) is 0 Å². The van der Waals surface area contributed by atoms with Gasteiger partial charge in [0.2, 0.25) is 0 Å². The van der Waals surface area contributed by atoms with Crippen molar-refractivity contribution in [3.05, 3.63) is 29.3 Å². The molecule has 98 valence electrons. The number of nitrogens with zero attached hydrogens (tertiary/aromatic N) is 1. The Labute approximate surface area is 116 Å². The molecule has 0 bridgehead atoms. The Hall–Kier alpha value is -0.620. The number of aromatic nitrogens is 1. The maximum atomic E-state index is 5.86. The molecule has 2 aromatic rings. The molecule has 0 saturated carbocycles. The van der Waals surface area contributed by atoms with Gasteiger partial charge in [0, 0.05) is 11.3 Å². The highest BCUT2D eigenvalue weighted by Crippen LogP contribution is 2.26. The van der Waals surface area contributed by atoms with Crippen LogP contribution < -0.4 is 10.5 Å². The molecule has 1 aromatic heterocycles. The summed E-state index contributed by atoms with van der Waals surface area (Å²) in [5.41, 5.74) is 9.99. The van der Waals surface area contributed by atoms with Crippen LogP contribution in [0.2, 0.25) is 0 Å². The second-order valence-electron chi connectivity index (χ2n) is 5.20. The standard InChI is InChI=1S/C13H19N3S2/c1-13(2,3)18-16-11(7-14)9-4-5-12-10(6-9)15-8-17-12/h4-6,8,11,16H,7,14H2,1-3H3/t11-/m1/s1. The van der Waals surface area contributed by atoms with Crippen LogP contribution in [-0.4, -0.2) is 16.3 Å². The molecule has 1 aromatic carbocycles. The van der Waals surface area contributed by atoms with Crippen molar-refractivity contribution in [2.45, 2.75) is 31.6 Å². The summed E-state index contributed by atoms with van der Waals surface area (Å²) in [6, 6.07) is 6.54. The molecule has 0 saturated heterocycles. The molecule has 3 N–H and O–H groups in total. The summed E-state index contributed by atoms with van der Waals surface area (Å²) in [4.78, 5) is 4.35. The third kappa shape index (κ3) is 3.45. The summed E-state index contributed by atoms with van der Waals surface area (Å²) in [6.45, 7) is 7.13. The van der Waals surface area contributed by atoms with E-state index >= 15 is 0 Å². The lowest BCUT2D eigenvalue weighted by Crippen LogP contribution is -2.27. The minimum Gasteiger partial charge on any atom is -0.329 e. The first-order valence-electron chi connectivity index (χ1n) is 5.96. The number of nitrogens with one attached hydrogen (secondary N) is 1. The van der Waals surface area contributed by atoms with Gasteiger partial charge in [-0.3, -0.25) is 4.72 Å². The van der Waals surface area contributed by atoms with Gasteiger partial charge >= 0.3 is 0 Å². The number of rotatable bonds is 4. The van der Waals surface area contributed by atoms with E-state index in [2.05, 4.69) is 48.7 Å². The monoisotopic (exact) mass is 281 g/mol. The van der Waals surface area contributed by atoms with Crippen LogP contribution in [0.25, 0.3) is 10.2 Å². The van der Waals surface area contributed by atoms with Crippen molar-refractivity contribution >= 4 is 33.5 Å². The minimum atomic E-state index is 0.167. The first kappa shape index (κ1) is 13.8. The van der Waals surface area contributed by atoms with E-state index in [0.29, 0.717) is 6.54 Å². The predicted octanol–water partition coefficient (Wildman–Crippen LogP) is 3.33. The summed E-state index contributed by atoms with van der Waals surface area (Å²) >= 11 is 3.39. The van der Waals surface area contributed by atoms with Gasteiger partial charge in [-0.05, 0) is 38.5 Å². The normalized spacial score (nSPS) is 14.0. The Bertz CT molecular complexity index is 516. The summed E-state index contributed by atoms with van der Waals surface area (Å²) in [5, 5.41) is 0. The highest BCUT2D eigenvalue weighted by atomic mass is 32.2. The van der Waals surface area contributed by atoms with E-state index in [9.17, 15) is 0 Å². The van der Waals surface area contributed by atoms with Crippen LogP contribution in [0.1, 0.15) is 32.4 Å². The van der Waals surface area contributed by atoms with Gasteiger partial charge in [0.15, 0.2) is 0 Å². The zero-order chi connectivity index (χ0) is 13.2. The van der Waals surface area contributed by atoms with Crippen LogP contribution in [0, 0.1) is 0 Å². The second kappa shape index (κ2) is 5.57. The molecule has 0 aliphatic heterocycles. The number of fused-ring (bicyclic) bond motifs is 1. The number of nitrogens with two attached hydrogens (primary N) is 1. The lowest BCUT2D eigenvalue weighted by Gasteiger charge is -2.23. The van der Waals surface area contributed by atoms with Crippen molar-refractivity contribution in [3.8, 4) is 0 Å². The zero-order valence-corrected chi connectivity index (χ0v) is 12.6. The van der Waals surface area contributed by atoms with E-state index in [-0.39, 0.29) is 10.8 Å². The molecule has 0 radical (unpaired) electrons. The van der Waals surface area contributed by atoms with Crippen LogP contribution >= 0.6 is 23.3 Å². The fraction of sp³-hybridized carbons (Fsp3) is 0.462. The topological polar surface area (TPSA) is 50.9 Å². The highest BCUT2D eigenvalue weighted by Gasteiger charge is 2.16. The molecule has 3 nitrogen and oxygen atoms in total. The van der Waals surface area contributed by atoms with E-state index in [1.807, 2.05) is 5.51 Å². The van der Waals surface area contributed by atoms with Crippen molar-refractivity contribution in [1.29, 1.82) is 0 Å². The molecule has 0 spiro atoms. The zero-order valence-electron chi connectivity index (χ0n) is 10.9.